The van der Waals surface area contributed by atoms with E-state index in [1.165, 1.54) is 10.9 Å². The summed E-state index contributed by atoms with van der Waals surface area (Å²) in [5.74, 6) is 0. The van der Waals surface area contributed by atoms with Crippen LogP contribution in [0.1, 0.15) is 0 Å². The number of para-hydroxylation sites is 1. The summed E-state index contributed by atoms with van der Waals surface area (Å²) in [4.78, 5) is 13.1. The molecule has 0 N–H and O–H groups in total. The standard InChI is InChI=1S/C27H17N5/c1-2-7-24-20(6-1)21-15-28-11-8-25(21)31(24)18-4-3-5-19(14-18)32-26-9-12-29-16-22(26)23-17-30-13-10-27(23)32/h1-17H. The zero-order chi connectivity index (χ0) is 21.1. The van der Waals surface area contributed by atoms with Crippen LogP contribution in [-0.4, -0.2) is 24.1 Å². The molecule has 0 bridgehead atoms. The third kappa shape index (κ3) is 2.30. The second-order valence-corrected chi connectivity index (χ2v) is 7.89. The van der Waals surface area contributed by atoms with Gasteiger partial charge in [-0.1, -0.05) is 24.3 Å². The van der Waals surface area contributed by atoms with E-state index in [1.807, 2.05) is 37.2 Å². The molecule has 2 aromatic carbocycles. The minimum Gasteiger partial charge on any atom is -0.309 e. The van der Waals surface area contributed by atoms with Gasteiger partial charge in [0, 0.05) is 70.1 Å². The lowest BCUT2D eigenvalue weighted by molar-refractivity contribution is 1.13. The lowest BCUT2D eigenvalue weighted by atomic mass is 10.2. The fourth-order valence-electron chi connectivity index (χ4n) is 4.85. The summed E-state index contributed by atoms with van der Waals surface area (Å²) in [5.41, 5.74) is 6.76. The fraction of sp³-hybridized carbons (Fsp3) is 0. The van der Waals surface area contributed by atoms with E-state index in [9.17, 15) is 0 Å². The Morgan fingerprint density at radius 2 is 0.906 bits per heavy atom. The third-order valence-electron chi connectivity index (χ3n) is 6.19. The minimum atomic E-state index is 1.10. The zero-order valence-electron chi connectivity index (χ0n) is 17.1. The Bertz CT molecular complexity index is 1560. The molecule has 0 saturated carbocycles. The Morgan fingerprint density at radius 1 is 0.438 bits per heavy atom. The highest BCUT2D eigenvalue weighted by atomic mass is 15.0. The maximum atomic E-state index is 4.37. The first-order chi connectivity index (χ1) is 15.9. The van der Waals surface area contributed by atoms with Crippen molar-refractivity contribution >= 4 is 43.6 Å². The van der Waals surface area contributed by atoms with E-state index in [4.69, 9.17) is 0 Å². The molecule has 0 aliphatic rings. The van der Waals surface area contributed by atoms with Crippen LogP contribution in [0.4, 0.5) is 0 Å². The number of benzene rings is 2. The minimum absolute atomic E-state index is 1.10. The largest absolute Gasteiger partial charge is 0.309 e. The molecule has 0 aliphatic heterocycles. The Hall–Kier alpha value is -4.51. The molecular weight excluding hydrogens is 394 g/mol. The summed E-state index contributed by atoms with van der Waals surface area (Å²) >= 11 is 0. The van der Waals surface area contributed by atoms with Gasteiger partial charge in [-0.2, -0.15) is 0 Å². The molecular formula is C27H17N5. The van der Waals surface area contributed by atoms with E-state index in [0.29, 0.717) is 0 Å². The van der Waals surface area contributed by atoms with Crippen molar-refractivity contribution < 1.29 is 0 Å². The fourth-order valence-corrected chi connectivity index (χ4v) is 4.85. The van der Waals surface area contributed by atoms with Crippen molar-refractivity contribution in [3.05, 3.63) is 104 Å². The summed E-state index contributed by atoms with van der Waals surface area (Å²) in [6, 6.07) is 23.4. The lowest BCUT2D eigenvalue weighted by Gasteiger charge is -2.12. The predicted octanol–water partition coefficient (Wildman–Crippen LogP) is 6.07. The van der Waals surface area contributed by atoms with Crippen LogP contribution in [0.15, 0.2) is 104 Å². The number of hydrogen-bond donors (Lipinski definition) is 0. The zero-order valence-corrected chi connectivity index (χ0v) is 17.1. The molecule has 150 valence electrons. The van der Waals surface area contributed by atoms with Gasteiger partial charge in [0.1, 0.15) is 0 Å². The molecule has 7 aromatic rings. The van der Waals surface area contributed by atoms with Gasteiger partial charge in [-0.15, -0.1) is 0 Å². The maximum absolute atomic E-state index is 4.37. The average molecular weight is 411 g/mol. The summed E-state index contributed by atoms with van der Waals surface area (Å²) in [6.45, 7) is 0. The molecule has 32 heavy (non-hydrogen) atoms. The van der Waals surface area contributed by atoms with Crippen LogP contribution in [0.5, 0.6) is 0 Å². The quantitative estimate of drug-likeness (QED) is 0.347. The Balaban J connectivity index is 1.55. The van der Waals surface area contributed by atoms with Gasteiger partial charge in [-0.3, -0.25) is 15.0 Å². The molecule has 0 radical (unpaired) electrons. The molecule has 0 saturated heterocycles. The molecule has 0 atom stereocenters. The van der Waals surface area contributed by atoms with Crippen LogP contribution < -0.4 is 0 Å². The van der Waals surface area contributed by atoms with Crippen molar-refractivity contribution in [2.75, 3.05) is 0 Å². The van der Waals surface area contributed by atoms with Gasteiger partial charge in [0.15, 0.2) is 0 Å². The average Bonchev–Trinajstić information content (AvgIpc) is 3.37. The van der Waals surface area contributed by atoms with Crippen LogP contribution in [0, 0.1) is 0 Å². The highest BCUT2D eigenvalue weighted by Gasteiger charge is 2.15. The Labute approximate surface area is 183 Å². The summed E-state index contributed by atoms with van der Waals surface area (Å²) in [7, 11) is 0. The van der Waals surface area contributed by atoms with Crippen molar-refractivity contribution in [3.63, 3.8) is 0 Å². The van der Waals surface area contributed by atoms with E-state index >= 15 is 0 Å². The highest BCUT2D eigenvalue weighted by molar-refractivity contribution is 6.09. The number of aromatic nitrogens is 5. The molecule has 0 spiro atoms. The van der Waals surface area contributed by atoms with E-state index in [-0.39, 0.29) is 0 Å². The number of nitrogens with zero attached hydrogens (tertiary/aromatic N) is 5. The first kappa shape index (κ1) is 17.2. The monoisotopic (exact) mass is 411 g/mol. The SMILES string of the molecule is c1cc(-n2c3ccccc3c3cnccc32)cc(-n2c3ccncc3c3cnccc32)c1. The molecule has 5 nitrogen and oxygen atoms in total. The van der Waals surface area contributed by atoms with Crippen LogP contribution in [0.25, 0.3) is 55.0 Å². The van der Waals surface area contributed by atoms with Crippen LogP contribution in [0.2, 0.25) is 0 Å². The van der Waals surface area contributed by atoms with Gasteiger partial charge in [0.2, 0.25) is 0 Å². The molecule has 0 unspecified atom stereocenters. The van der Waals surface area contributed by atoms with Crippen molar-refractivity contribution in [2.45, 2.75) is 0 Å². The van der Waals surface area contributed by atoms with Crippen molar-refractivity contribution in [2.24, 2.45) is 0 Å². The van der Waals surface area contributed by atoms with E-state index in [1.54, 1.807) is 0 Å². The van der Waals surface area contributed by atoms with Crippen LogP contribution >= 0.6 is 0 Å². The smallest absolute Gasteiger partial charge is 0.0572 e. The first-order valence-electron chi connectivity index (χ1n) is 10.5. The van der Waals surface area contributed by atoms with Gasteiger partial charge < -0.3 is 9.13 Å². The van der Waals surface area contributed by atoms with Gasteiger partial charge in [0.25, 0.3) is 0 Å². The Kier molecular flexibility index (Phi) is 3.49. The number of fused-ring (bicyclic) bond motifs is 6. The second-order valence-electron chi connectivity index (χ2n) is 7.89. The van der Waals surface area contributed by atoms with E-state index in [2.05, 4.69) is 90.8 Å². The summed E-state index contributed by atoms with van der Waals surface area (Å²) in [5, 5.41) is 4.56. The highest BCUT2D eigenvalue weighted by Crippen LogP contribution is 2.34. The van der Waals surface area contributed by atoms with Crippen molar-refractivity contribution in [1.29, 1.82) is 0 Å². The van der Waals surface area contributed by atoms with Crippen LogP contribution in [0.3, 0.4) is 0 Å². The van der Waals surface area contributed by atoms with Gasteiger partial charge in [-0.05, 0) is 42.5 Å². The maximum Gasteiger partial charge on any atom is 0.0572 e. The normalized spacial score (nSPS) is 11.8. The van der Waals surface area contributed by atoms with Gasteiger partial charge in [-0.25, -0.2) is 0 Å². The third-order valence-corrected chi connectivity index (χ3v) is 6.19. The van der Waals surface area contributed by atoms with Crippen molar-refractivity contribution in [3.8, 4) is 11.4 Å². The summed E-state index contributed by atoms with van der Waals surface area (Å²) in [6.07, 6.45) is 11.3. The number of hydrogen-bond acceptors (Lipinski definition) is 3. The van der Waals surface area contributed by atoms with Gasteiger partial charge >= 0.3 is 0 Å². The van der Waals surface area contributed by atoms with Crippen LogP contribution in [-0.2, 0) is 0 Å². The Morgan fingerprint density at radius 3 is 1.47 bits per heavy atom. The van der Waals surface area contributed by atoms with Gasteiger partial charge in [0.05, 0.1) is 22.1 Å². The lowest BCUT2D eigenvalue weighted by Crippen LogP contribution is -1.98. The van der Waals surface area contributed by atoms with E-state index in [0.717, 1.165) is 44.1 Å². The molecule has 5 heteroatoms. The second kappa shape index (κ2) is 6.49. The number of rotatable bonds is 2. The van der Waals surface area contributed by atoms with E-state index < -0.39 is 0 Å². The first-order valence-corrected chi connectivity index (χ1v) is 10.5. The molecule has 0 fully saturated rings. The number of pyridine rings is 3. The molecule has 0 amide bonds. The molecule has 5 aromatic heterocycles. The molecule has 0 aliphatic carbocycles. The predicted molar refractivity (Wildman–Crippen MR) is 129 cm³/mol. The topological polar surface area (TPSA) is 48.5 Å². The molecule has 7 rings (SSSR count). The molecule has 5 heterocycles. The summed E-state index contributed by atoms with van der Waals surface area (Å²) < 4.78 is 4.60. The van der Waals surface area contributed by atoms with Crippen molar-refractivity contribution in [1.82, 2.24) is 24.1 Å².